The van der Waals surface area contributed by atoms with E-state index in [2.05, 4.69) is 18.6 Å². The minimum absolute atomic E-state index is 0.263. The monoisotopic (exact) mass is 973 g/mol. The number of carbonyl (C=O) groups is 6. The Morgan fingerprint density at radius 1 is 0.441 bits per heavy atom. The van der Waals surface area contributed by atoms with Crippen LogP contribution in [0.4, 0.5) is 0 Å². The van der Waals surface area contributed by atoms with E-state index < -0.39 is 53.3 Å². The SMILES string of the molecule is CCCCCCCCCCCCCCCCCCOC(=O)C(C)(CO)CO.CCCCCCCCCCCCCCCCCCOC(=O)C(C)(CO)COC(=O)CCC(=O)O.O=C1CCC(=O)O1. The van der Waals surface area contributed by atoms with Crippen molar-refractivity contribution < 1.29 is 68.1 Å². The third kappa shape index (κ3) is 41.8. The summed E-state index contributed by atoms with van der Waals surface area (Å²) in [6, 6.07) is 0. The molecule has 400 valence electrons. The molecule has 68 heavy (non-hydrogen) atoms. The number of aliphatic hydroxyl groups is 3. The van der Waals surface area contributed by atoms with Crippen molar-refractivity contribution in [3.05, 3.63) is 0 Å². The number of rotatable bonds is 44. The summed E-state index contributed by atoms with van der Waals surface area (Å²) in [5, 5.41) is 36.4. The normalized spacial score (nSPS) is 13.1. The van der Waals surface area contributed by atoms with Crippen LogP contribution in [0.5, 0.6) is 0 Å². The van der Waals surface area contributed by atoms with Gasteiger partial charge in [-0.3, -0.25) is 28.8 Å². The van der Waals surface area contributed by atoms with Crippen LogP contribution in [0.15, 0.2) is 0 Å². The van der Waals surface area contributed by atoms with E-state index >= 15 is 0 Å². The molecule has 4 N–H and O–H groups in total. The van der Waals surface area contributed by atoms with E-state index in [9.17, 15) is 33.9 Å². The molecule has 0 aliphatic carbocycles. The Hall–Kier alpha value is -3.10. The number of carbonyl (C=O) groups excluding carboxylic acids is 5. The van der Waals surface area contributed by atoms with Crippen LogP contribution in [0.25, 0.3) is 0 Å². The summed E-state index contributed by atoms with van der Waals surface area (Å²) >= 11 is 0. The molecule has 14 nitrogen and oxygen atoms in total. The van der Waals surface area contributed by atoms with Gasteiger partial charge in [0.25, 0.3) is 0 Å². The fourth-order valence-corrected chi connectivity index (χ4v) is 7.28. The second kappa shape index (κ2) is 47.6. The number of cyclic esters (lactones) is 2. The highest BCUT2D eigenvalue weighted by atomic mass is 16.6. The summed E-state index contributed by atoms with van der Waals surface area (Å²) in [6.07, 6.45) is 41.3. The third-order valence-corrected chi connectivity index (χ3v) is 12.4. The standard InChI is InChI=1S/C27H50O7.C23H46O4.C4H4O3/c1-3-4-5-6-7-8-9-10-11-12-13-14-15-16-17-18-21-33-26(32)27(2,22-28)23-34-25(31)20-19-24(29)30;1-3-4-5-6-7-8-9-10-11-12-13-14-15-16-17-18-19-27-22(26)23(2,20-24)21-25;5-3-1-2-4(6)7-3/h28H,3-23H2,1-2H3,(H,29,30);24-25H,3-21H2,1-2H3;1-2H2. The smallest absolute Gasteiger partial charge is 0.317 e. The molecule has 1 aliphatic heterocycles. The van der Waals surface area contributed by atoms with Gasteiger partial charge in [-0.2, -0.15) is 0 Å². The predicted molar refractivity (Wildman–Crippen MR) is 267 cm³/mol. The molecular weight excluding hydrogens is 873 g/mol. The highest BCUT2D eigenvalue weighted by Gasteiger charge is 2.36. The summed E-state index contributed by atoms with van der Waals surface area (Å²) in [6.45, 7) is 6.54. The molecule has 0 aromatic heterocycles. The molecule has 0 saturated carbocycles. The quantitative estimate of drug-likeness (QED) is 0.0193. The number of ether oxygens (including phenoxy) is 4. The second-order valence-corrected chi connectivity index (χ2v) is 19.4. The van der Waals surface area contributed by atoms with Gasteiger partial charge in [-0.05, 0) is 26.7 Å². The molecule has 14 heteroatoms. The van der Waals surface area contributed by atoms with Crippen LogP contribution in [-0.4, -0.2) is 95.9 Å². The highest BCUT2D eigenvalue weighted by Crippen LogP contribution is 2.21. The molecule has 1 heterocycles. The first-order valence-electron chi connectivity index (χ1n) is 27.0. The van der Waals surface area contributed by atoms with Crippen molar-refractivity contribution >= 4 is 35.8 Å². The van der Waals surface area contributed by atoms with E-state index in [4.69, 9.17) is 29.5 Å². The van der Waals surface area contributed by atoms with Gasteiger partial charge < -0.3 is 39.4 Å². The number of aliphatic hydroxyl groups excluding tert-OH is 3. The molecule has 1 atom stereocenters. The molecule has 1 saturated heterocycles. The van der Waals surface area contributed by atoms with Gasteiger partial charge in [-0.1, -0.05) is 206 Å². The Bertz CT molecular complexity index is 1240. The summed E-state index contributed by atoms with van der Waals surface area (Å²) in [5.74, 6) is -3.72. The van der Waals surface area contributed by atoms with Crippen molar-refractivity contribution in [1.29, 1.82) is 0 Å². The maximum atomic E-state index is 12.3. The highest BCUT2D eigenvalue weighted by molar-refractivity contribution is 5.92. The van der Waals surface area contributed by atoms with Crippen molar-refractivity contribution in [2.45, 2.75) is 259 Å². The first-order valence-corrected chi connectivity index (χ1v) is 27.0. The first kappa shape index (κ1) is 67.0. The maximum Gasteiger partial charge on any atom is 0.317 e. The van der Waals surface area contributed by atoms with E-state index in [0.717, 1.165) is 32.1 Å². The predicted octanol–water partition coefficient (Wildman–Crippen LogP) is 11.8. The fraction of sp³-hybridized carbons (Fsp3) is 0.889. The molecule has 0 amide bonds. The molecule has 1 aliphatic rings. The minimum atomic E-state index is -1.34. The average Bonchev–Trinajstić information content (AvgIpc) is 3.73. The Labute approximate surface area is 412 Å². The van der Waals surface area contributed by atoms with E-state index in [1.165, 1.54) is 187 Å². The Morgan fingerprint density at radius 2 is 0.721 bits per heavy atom. The molecule has 1 unspecified atom stereocenters. The lowest BCUT2D eigenvalue weighted by Crippen LogP contribution is -2.39. The van der Waals surface area contributed by atoms with Crippen LogP contribution >= 0.6 is 0 Å². The Kier molecular flexibility index (Phi) is 46.9. The minimum Gasteiger partial charge on any atom is -0.481 e. The van der Waals surface area contributed by atoms with Crippen LogP contribution < -0.4 is 0 Å². The van der Waals surface area contributed by atoms with Gasteiger partial charge >= 0.3 is 35.8 Å². The number of esters is 5. The Morgan fingerprint density at radius 3 is 0.971 bits per heavy atom. The van der Waals surface area contributed by atoms with Crippen molar-refractivity contribution in [2.24, 2.45) is 10.8 Å². The first-order chi connectivity index (χ1) is 32.7. The summed E-state index contributed by atoms with van der Waals surface area (Å²) in [4.78, 5) is 66.1. The van der Waals surface area contributed by atoms with E-state index in [-0.39, 0.29) is 52.1 Å². The zero-order valence-electron chi connectivity index (χ0n) is 43.6. The van der Waals surface area contributed by atoms with Crippen LogP contribution in [-0.2, 0) is 47.7 Å². The summed E-state index contributed by atoms with van der Waals surface area (Å²) < 4.78 is 19.4. The van der Waals surface area contributed by atoms with Gasteiger partial charge in [0.2, 0.25) is 0 Å². The van der Waals surface area contributed by atoms with Crippen molar-refractivity contribution in [1.82, 2.24) is 0 Å². The van der Waals surface area contributed by atoms with Gasteiger partial charge in [0.15, 0.2) is 0 Å². The lowest BCUT2D eigenvalue weighted by Gasteiger charge is -2.24. The third-order valence-electron chi connectivity index (χ3n) is 12.4. The topological polar surface area (TPSA) is 220 Å². The molecule has 0 aromatic carbocycles. The lowest BCUT2D eigenvalue weighted by atomic mass is 9.93. The van der Waals surface area contributed by atoms with Gasteiger partial charge in [0.1, 0.15) is 17.4 Å². The van der Waals surface area contributed by atoms with Gasteiger partial charge in [-0.15, -0.1) is 0 Å². The Balaban J connectivity index is 0. The number of aliphatic carboxylic acids is 1. The number of unbranched alkanes of at least 4 members (excludes halogenated alkanes) is 30. The van der Waals surface area contributed by atoms with Crippen molar-refractivity contribution in [2.75, 3.05) is 39.6 Å². The van der Waals surface area contributed by atoms with E-state index in [0.29, 0.717) is 6.61 Å². The number of carboxylic acids is 1. The lowest BCUT2D eigenvalue weighted by molar-refractivity contribution is -0.166. The number of carboxylic acid groups (broad SMARTS) is 1. The zero-order valence-corrected chi connectivity index (χ0v) is 43.6. The van der Waals surface area contributed by atoms with Crippen molar-refractivity contribution in [3.8, 4) is 0 Å². The van der Waals surface area contributed by atoms with Crippen LogP contribution in [0.3, 0.4) is 0 Å². The molecular formula is C54H100O14. The molecule has 1 rings (SSSR count). The zero-order chi connectivity index (χ0) is 51.0. The van der Waals surface area contributed by atoms with Gasteiger partial charge in [0, 0.05) is 0 Å². The van der Waals surface area contributed by atoms with Gasteiger partial charge in [-0.25, -0.2) is 0 Å². The van der Waals surface area contributed by atoms with Gasteiger partial charge in [0.05, 0.1) is 58.7 Å². The summed E-state index contributed by atoms with van der Waals surface area (Å²) in [7, 11) is 0. The molecule has 0 bridgehead atoms. The van der Waals surface area contributed by atoms with Crippen LogP contribution in [0, 0.1) is 10.8 Å². The van der Waals surface area contributed by atoms with Crippen LogP contribution in [0.2, 0.25) is 0 Å². The second-order valence-electron chi connectivity index (χ2n) is 19.4. The van der Waals surface area contributed by atoms with Crippen molar-refractivity contribution in [3.63, 3.8) is 0 Å². The fourth-order valence-electron chi connectivity index (χ4n) is 7.28. The molecule has 0 aromatic rings. The molecule has 0 spiro atoms. The van der Waals surface area contributed by atoms with Crippen LogP contribution in [0.1, 0.15) is 259 Å². The molecule has 0 radical (unpaired) electrons. The largest absolute Gasteiger partial charge is 0.481 e. The molecule has 1 fully saturated rings. The summed E-state index contributed by atoms with van der Waals surface area (Å²) in [5.41, 5.74) is -2.51. The number of hydrogen-bond donors (Lipinski definition) is 4. The van der Waals surface area contributed by atoms with E-state index in [1.807, 2.05) is 0 Å². The maximum absolute atomic E-state index is 12.3. The number of hydrogen-bond acceptors (Lipinski definition) is 13. The average molecular weight is 973 g/mol. The van der Waals surface area contributed by atoms with E-state index in [1.54, 1.807) is 0 Å².